The van der Waals surface area contributed by atoms with E-state index in [1.807, 2.05) is 69.5 Å². The van der Waals surface area contributed by atoms with Crippen molar-refractivity contribution in [2.45, 2.75) is 115 Å². The number of hydrogen-bond donors (Lipinski definition) is 2. The van der Waals surface area contributed by atoms with Crippen LogP contribution in [-0.4, -0.2) is 78.5 Å². The lowest BCUT2D eigenvalue weighted by molar-refractivity contribution is -0.297. The van der Waals surface area contributed by atoms with Gasteiger partial charge in [0.25, 0.3) is 0 Å². The number of ether oxygens (including phenoxy) is 1. The summed E-state index contributed by atoms with van der Waals surface area (Å²) in [7, 11) is 3.70. The van der Waals surface area contributed by atoms with Crippen LogP contribution in [0, 0.1) is 0 Å². The first kappa shape index (κ1) is 26.8. The summed E-state index contributed by atoms with van der Waals surface area (Å²) in [6.07, 6.45) is 2.23. The number of nitrogens with one attached hydrogen (secondary N) is 2. The molecule has 3 rings (SSSR count). The highest BCUT2D eigenvalue weighted by molar-refractivity contribution is 5.36. The largest absolute Gasteiger partial charge is 0.460 e. The summed E-state index contributed by atoms with van der Waals surface area (Å²) in [6.45, 7) is 15.6. The quantitative estimate of drug-likeness (QED) is 0.593. The molecule has 1 aromatic rings. The molecule has 34 heavy (non-hydrogen) atoms. The molecule has 3 heterocycles. The second kappa shape index (κ2) is 9.02. The zero-order chi connectivity index (χ0) is 25.7. The molecule has 2 saturated heterocycles. The third-order valence-electron chi connectivity index (χ3n) is 6.69. The standard InChI is InChI=1S/C23H42N8O3/c1-20(2)11-15(12-21(3,4)30(20)32)24-17-25-18(28-29(9)10)27-19(26-17)34-16-13-22(5,6)31(33)23(7,8)14-16/h15-16H,11-14H2,1-10H3,(H2,24,25,26,27,28). The maximum absolute atomic E-state index is 12.7. The first-order valence-electron chi connectivity index (χ1n) is 12.0. The molecule has 2 fully saturated rings. The number of piperidine rings is 2. The van der Waals surface area contributed by atoms with E-state index >= 15 is 0 Å². The van der Waals surface area contributed by atoms with Gasteiger partial charge >= 0.3 is 6.01 Å². The molecule has 0 aromatic carbocycles. The summed E-state index contributed by atoms with van der Waals surface area (Å²) in [5, 5.41) is 33.0. The van der Waals surface area contributed by atoms with Gasteiger partial charge in [-0.05, 0) is 68.2 Å². The van der Waals surface area contributed by atoms with E-state index in [9.17, 15) is 10.4 Å². The zero-order valence-corrected chi connectivity index (χ0v) is 22.4. The summed E-state index contributed by atoms with van der Waals surface area (Å²) < 4.78 is 6.24. The van der Waals surface area contributed by atoms with Gasteiger partial charge in [-0.15, -0.1) is 20.5 Å². The van der Waals surface area contributed by atoms with E-state index in [0.717, 1.165) is 0 Å². The monoisotopic (exact) mass is 478 g/mol. The van der Waals surface area contributed by atoms with E-state index < -0.39 is 22.2 Å². The molecule has 2 aliphatic rings. The molecule has 0 aliphatic carbocycles. The normalized spacial score (nSPS) is 25.3. The Morgan fingerprint density at radius 1 is 0.765 bits per heavy atom. The fourth-order valence-corrected chi connectivity index (χ4v) is 5.68. The SMILES string of the molecule is CN(C)Nc1nc(NC2CC(C)(C)N([O])C(C)(C)C2)nc(OC2CC(C)(C)N([O])C(C)(C)C2)n1. The van der Waals surface area contributed by atoms with E-state index in [4.69, 9.17) is 4.74 Å². The second-order valence-corrected chi connectivity index (χ2v) is 12.5. The third kappa shape index (κ3) is 5.88. The van der Waals surface area contributed by atoms with Gasteiger partial charge in [-0.1, -0.05) is 0 Å². The lowest BCUT2D eigenvalue weighted by atomic mass is 9.79. The van der Waals surface area contributed by atoms with Gasteiger partial charge in [-0.25, -0.2) is 5.01 Å². The zero-order valence-electron chi connectivity index (χ0n) is 22.4. The lowest BCUT2D eigenvalue weighted by Crippen LogP contribution is -2.60. The van der Waals surface area contributed by atoms with Gasteiger partial charge in [0.05, 0.1) is 0 Å². The average Bonchev–Trinajstić information content (AvgIpc) is 2.62. The number of hydrogen-bond acceptors (Lipinski definition) is 9. The van der Waals surface area contributed by atoms with Crippen LogP contribution in [0.1, 0.15) is 81.1 Å². The number of rotatable bonds is 6. The smallest absolute Gasteiger partial charge is 0.323 e. The Kier molecular flexibility index (Phi) is 7.11. The fraction of sp³-hybridized carbons (Fsp3) is 0.870. The van der Waals surface area contributed by atoms with E-state index in [1.54, 1.807) is 5.01 Å². The topological polar surface area (TPSA) is 121 Å². The van der Waals surface area contributed by atoms with E-state index in [1.165, 1.54) is 10.1 Å². The third-order valence-corrected chi connectivity index (χ3v) is 6.69. The first-order chi connectivity index (χ1) is 15.4. The molecule has 11 heteroatoms. The number of hydroxylamine groups is 4. The molecule has 0 atom stereocenters. The van der Waals surface area contributed by atoms with Gasteiger partial charge in [0.1, 0.15) is 6.10 Å². The van der Waals surface area contributed by atoms with E-state index in [-0.39, 0.29) is 18.2 Å². The van der Waals surface area contributed by atoms with Crippen LogP contribution in [0.25, 0.3) is 0 Å². The fourth-order valence-electron chi connectivity index (χ4n) is 5.68. The Balaban J connectivity index is 1.84. The Morgan fingerprint density at radius 3 is 1.68 bits per heavy atom. The summed E-state index contributed by atoms with van der Waals surface area (Å²) in [6, 6.07) is 0.219. The van der Waals surface area contributed by atoms with Crippen LogP contribution in [0.3, 0.4) is 0 Å². The Labute approximate surface area is 203 Å². The van der Waals surface area contributed by atoms with Crippen molar-refractivity contribution in [1.29, 1.82) is 0 Å². The van der Waals surface area contributed by atoms with Crippen LogP contribution in [0.15, 0.2) is 0 Å². The van der Waals surface area contributed by atoms with Gasteiger partial charge in [0.15, 0.2) is 0 Å². The van der Waals surface area contributed by atoms with Gasteiger partial charge in [0.2, 0.25) is 11.9 Å². The predicted octanol–water partition coefficient (Wildman–Crippen LogP) is 3.29. The lowest BCUT2D eigenvalue weighted by Gasteiger charge is -2.50. The predicted molar refractivity (Wildman–Crippen MR) is 129 cm³/mol. The van der Waals surface area contributed by atoms with Crippen molar-refractivity contribution < 1.29 is 15.2 Å². The van der Waals surface area contributed by atoms with Crippen molar-refractivity contribution in [3.63, 3.8) is 0 Å². The summed E-state index contributed by atoms with van der Waals surface area (Å²) in [4.78, 5) is 13.5. The Hall–Kier alpha value is -1.79. The van der Waals surface area contributed by atoms with Crippen LogP contribution in [0.4, 0.5) is 11.9 Å². The number of aromatic nitrogens is 3. The maximum atomic E-state index is 12.7. The summed E-state index contributed by atoms with van der Waals surface area (Å²) in [5.74, 6) is 0.752. The molecule has 2 aliphatic heterocycles. The van der Waals surface area contributed by atoms with Crippen molar-refractivity contribution in [3.05, 3.63) is 0 Å². The van der Waals surface area contributed by atoms with Gasteiger partial charge in [-0.3, -0.25) is 5.43 Å². The van der Waals surface area contributed by atoms with Crippen molar-refractivity contribution >= 4 is 11.9 Å². The van der Waals surface area contributed by atoms with Crippen LogP contribution in [0.5, 0.6) is 6.01 Å². The molecule has 0 saturated carbocycles. The van der Waals surface area contributed by atoms with Gasteiger partial charge in [0, 0.05) is 55.1 Å². The average molecular weight is 479 g/mol. The highest BCUT2D eigenvalue weighted by Crippen LogP contribution is 2.39. The molecule has 11 nitrogen and oxygen atoms in total. The maximum Gasteiger partial charge on any atom is 0.323 e. The number of nitrogens with zero attached hydrogens (tertiary/aromatic N) is 6. The minimum atomic E-state index is -0.561. The Bertz CT molecular complexity index is 776. The highest BCUT2D eigenvalue weighted by Gasteiger charge is 2.48. The van der Waals surface area contributed by atoms with Crippen LogP contribution >= 0.6 is 0 Å². The molecule has 0 unspecified atom stereocenters. The minimum absolute atomic E-state index is 0.0132. The molecular weight excluding hydrogens is 436 g/mol. The minimum Gasteiger partial charge on any atom is -0.460 e. The van der Waals surface area contributed by atoms with Crippen LogP contribution in [-0.2, 0) is 10.4 Å². The number of anilines is 2. The van der Waals surface area contributed by atoms with Crippen molar-refractivity contribution in [2.24, 2.45) is 0 Å². The number of hydrazine groups is 1. The summed E-state index contributed by atoms with van der Waals surface area (Å²) >= 11 is 0. The van der Waals surface area contributed by atoms with Gasteiger partial charge < -0.3 is 10.1 Å². The van der Waals surface area contributed by atoms with Crippen LogP contribution in [0.2, 0.25) is 0 Å². The Morgan fingerprint density at radius 2 is 1.21 bits per heavy atom. The van der Waals surface area contributed by atoms with E-state index in [2.05, 4.69) is 25.7 Å². The summed E-state index contributed by atoms with van der Waals surface area (Å²) in [5.41, 5.74) is 0.924. The van der Waals surface area contributed by atoms with Crippen molar-refractivity contribution in [3.8, 4) is 6.01 Å². The second-order valence-electron chi connectivity index (χ2n) is 12.5. The first-order valence-corrected chi connectivity index (χ1v) is 12.0. The van der Waals surface area contributed by atoms with Crippen molar-refractivity contribution in [1.82, 2.24) is 30.1 Å². The molecular formula is C23H42N8O3. The van der Waals surface area contributed by atoms with Crippen LogP contribution < -0.4 is 15.5 Å². The molecule has 0 bridgehead atoms. The van der Waals surface area contributed by atoms with Crippen molar-refractivity contribution in [2.75, 3.05) is 24.8 Å². The molecule has 2 N–H and O–H groups in total. The molecule has 192 valence electrons. The van der Waals surface area contributed by atoms with E-state index in [0.29, 0.717) is 37.6 Å². The molecule has 1 aromatic heterocycles. The molecule has 2 radical (unpaired) electrons. The molecule has 0 spiro atoms. The highest BCUT2D eigenvalue weighted by atomic mass is 16.5. The van der Waals surface area contributed by atoms with Gasteiger partial charge in [-0.2, -0.15) is 15.0 Å². The molecule has 0 amide bonds.